The van der Waals surface area contributed by atoms with Gasteiger partial charge in [-0.15, -0.1) is 13.2 Å². The third kappa shape index (κ3) is 4.44. The normalized spacial score (nSPS) is 31.9. The van der Waals surface area contributed by atoms with Crippen LogP contribution >= 0.6 is 0 Å². The predicted molar refractivity (Wildman–Crippen MR) is 134 cm³/mol. The second-order valence-corrected chi connectivity index (χ2v) is 10.5. The van der Waals surface area contributed by atoms with Gasteiger partial charge in [-0.25, -0.2) is 0 Å². The highest BCUT2D eigenvalue weighted by molar-refractivity contribution is 5.99. The lowest BCUT2D eigenvalue weighted by Crippen LogP contribution is -2.58. The second kappa shape index (κ2) is 10.8. The maximum Gasteiger partial charge on any atom is 0.248 e. The van der Waals surface area contributed by atoms with Crippen LogP contribution in [-0.4, -0.2) is 93.6 Å². The highest BCUT2D eigenvalue weighted by Gasteiger charge is 2.78. The van der Waals surface area contributed by atoms with Gasteiger partial charge < -0.3 is 24.5 Å². The zero-order valence-electron chi connectivity index (χ0n) is 21.9. The van der Waals surface area contributed by atoms with Gasteiger partial charge in [-0.2, -0.15) is 0 Å². The number of β-amino-alcohol motifs (C(OH)–C–C–N with tert-alkyl or cyclic N) is 1. The molecule has 6 atom stereocenters. The van der Waals surface area contributed by atoms with Gasteiger partial charge in [-0.3, -0.25) is 14.4 Å². The van der Waals surface area contributed by atoms with Gasteiger partial charge >= 0.3 is 0 Å². The van der Waals surface area contributed by atoms with E-state index in [1.165, 1.54) is 4.90 Å². The summed E-state index contributed by atoms with van der Waals surface area (Å²) in [4.78, 5) is 46.9. The molecule has 0 aromatic heterocycles. The number of hydrogen-bond donors (Lipinski definition) is 1. The van der Waals surface area contributed by atoms with Crippen LogP contribution in [0.15, 0.2) is 25.3 Å². The first-order chi connectivity index (χ1) is 16.7. The minimum absolute atomic E-state index is 0.0316. The molecule has 3 rings (SSSR count). The first kappa shape index (κ1) is 27.4. The van der Waals surface area contributed by atoms with Gasteiger partial charge in [0, 0.05) is 32.2 Å². The molecular formula is C27H43N3O5. The van der Waals surface area contributed by atoms with E-state index in [0.29, 0.717) is 32.5 Å². The largest absolute Gasteiger partial charge is 0.395 e. The number of carbonyl (C=O) groups excluding carboxylic acids is 3. The van der Waals surface area contributed by atoms with Crippen molar-refractivity contribution >= 4 is 17.7 Å². The summed E-state index contributed by atoms with van der Waals surface area (Å²) in [5.74, 6) is -1.99. The number of nitrogens with zero attached hydrogens (tertiary/aromatic N) is 3. The summed E-state index contributed by atoms with van der Waals surface area (Å²) in [6.07, 6.45) is 7.06. The molecule has 8 nitrogen and oxygen atoms in total. The van der Waals surface area contributed by atoms with Crippen LogP contribution in [0.2, 0.25) is 0 Å². The Morgan fingerprint density at radius 1 is 1.20 bits per heavy atom. The van der Waals surface area contributed by atoms with Crippen molar-refractivity contribution in [1.29, 1.82) is 0 Å². The fraction of sp³-hybridized carbons (Fsp3) is 0.741. The highest BCUT2D eigenvalue weighted by Crippen LogP contribution is 2.63. The summed E-state index contributed by atoms with van der Waals surface area (Å²) >= 11 is 0. The summed E-state index contributed by atoms with van der Waals surface area (Å²) in [7, 11) is 0. The maximum absolute atomic E-state index is 14.1. The molecule has 0 saturated carbocycles. The number of aliphatic hydroxyl groups excluding tert-OH is 1. The van der Waals surface area contributed by atoms with E-state index in [1.54, 1.807) is 22.0 Å². The van der Waals surface area contributed by atoms with Gasteiger partial charge in [-0.1, -0.05) is 32.4 Å². The Hall–Kier alpha value is -2.19. The fourth-order valence-corrected chi connectivity index (χ4v) is 6.70. The van der Waals surface area contributed by atoms with E-state index in [0.717, 1.165) is 19.3 Å². The van der Waals surface area contributed by atoms with Gasteiger partial charge in [0.2, 0.25) is 17.7 Å². The smallest absolute Gasteiger partial charge is 0.248 e. The summed E-state index contributed by atoms with van der Waals surface area (Å²) < 4.78 is 6.67. The molecule has 1 N–H and O–H groups in total. The zero-order chi connectivity index (χ0) is 26.0. The van der Waals surface area contributed by atoms with E-state index >= 15 is 0 Å². The quantitative estimate of drug-likeness (QED) is 0.401. The number of carbonyl (C=O) groups is 3. The first-order valence-corrected chi connectivity index (χ1v) is 13.1. The molecule has 0 aliphatic carbocycles. The number of ether oxygens (including phenoxy) is 1. The van der Waals surface area contributed by atoms with Crippen molar-refractivity contribution in [1.82, 2.24) is 14.7 Å². The molecule has 3 saturated heterocycles. The van der Waals surface area contributed by atoms with Gasteiger partial charge in [0.1, 0.15) is 11.6 Å². The topological polar surface area (TPSA) is 90.4 Å². The van der Waals surface area contributed by atoms with Gasteiger partial charge in [-0.05, 0) is 39.5 Å². The SMILES string of the molecule is C=CCN(CCC)C(=O)[C@H]1[C@H]2C(=O)N(CCO)C(C(=O)N(CC=C)C(C)CCC)C23CC[C@]1(C)O3. The van der Waals surface area contributed by atoms with Crippen LogP contribution in [0.5, 0.6) is 0 Å². The molecule has 3 fully saturated rings. The lowest BCUT2D eigenvalue weighted by molar-refractivity contribution is -0.154. The minimum Gasteiger partial charge on any atom is -0.395 e. The summed E-state index contributed by atoms with van der Waals surface area (Å²) in [5, 5.41) is 9.80. The lowest BCUT2D eigenvalue weighted by Gasteiger charge is -2.38. The standard InChI is InChI=1S/C27H43N3O5/c1-7-11-19(5)29(16-10-4)25(34)22-27-13-12-26(6,35-27)20(21(27)24(33)30(22)17-18-31)23(32)28(14-8-2)15-9-3/h8,10,19-22,31H,2,4,7,9,11-18H2,1,3,5-6H3/t19?,20-,21+,22?,26+,27?/m1/s1. The molecule has 8 heteroatoms. The molecule has 196 valence electrons. The number of hydrogen-bond acceptors (Lipinski definition) is 5. The summed E-state index contributed by atoms with van der Waals surface area (Å²) in [5.41, 5.74) is -1.89. The van der Waals surface area contributed by atoms with Crippen molar-refractivity contribution in [3.8, 4) is 0 Å². The average molecular weight is 490 g/mol. The number of fused-ring (bicyclic) bond motifs is 1. The molecule has 3 unspecified atom stereocenters. The molecule has 0 aromatic rings. The molecular weight excluding hydrogens is 446 g/mol. The van der Waals surface area contributed by atoms with Gasteiger partial charge in [0.25, 0.3) is 0 Å². The van der Waals surface area contributed by atoms with Crippen LogP contribution in [0.4, 0.5) is 0 Å². The third-order valence-electron chi connectivity index (χ3n) is 8.12. The Kier molecular flexibility index (Phi) is 8.48. The molecule has 35 heavy (non-hydrogen) atoms. The summed E-state index contributed by atoms with van der Waals surface area (Å²) in [6.45, 7) is 16.7. The van der Waals surface area contributed by atoms with Crippen LogP contribution in [0.3, 0.4) is 0 Å². The van der Waals surface area contributed by atoms with Crippen molar-refractivity contribution in [3.05, 3.63) is 25.3 Å². The van der Waals surface area contributed by atoms with Crippen molar-refractivity contribution in [2.75, 3.05) is 32.8 Å². The highest BCUT2D eigenvalue weighted by atomic mass is 16.5. The molecule has 3 amide bonds. The van der Waals surface area contributed by atoms with Crippen molar-refractivity contribution in [3.63, 3.8) is 0 Å². The van der Waals surface area contributed by atoms with Gasteiger partial charge in [0.05, 0.1) is 24.0 Å². The molecule has 3 aliphatic heterocycles. The van der Waals surface area contributed by atoms with Crippen LogP contribution in [0, 0.1) is 11.8 Å². The fourth-order valence-electron chi connectivity index (χ4n) is 6.70. The Labute approximate surface area is 210 Å². The van der Waals surface area contributed by atoms with E-state index in [-0.39, 0.29) is 36.9 Å². The lowest BCUT2D eigenvalue weighted by atomic mass is 9.66. The van der Waals surface area contributed by atoms with Crippen LogP contribution in [0.1, 0.15) is 59.8 Å². The first-order valence-electron chi connectivity index (χ1n) is 13.1. The van der Waals surface area contributed by atoms with Crippen molar-refractivity contribution < 1.29 is 24.2 Å². The van der Waals surface area contributed by atoms with Gasteiger partial charge in [0.15, 0.2) is 0 Å². The Morgan fingerprint density at radius 3 is 2.46 bits per heavy atom. The molecule has 3 aliphatic rings. The van der Waals surface area contributed by atoms with Crippen molar-refractivity contribution in [2.45, 2.75) is 83.1 Å². The van der Waals surface area contributed by atoms with E-state index in [9.17, 15) is 19.5 Å². The molecule has 3 heterocycles. The Balaban J connectivity index is 2.06. The van der Waals surface area contributed by atoms with Crippen LogP contribution in [-0.2, 0) is 19.1 Å². The molecule has 2 bridgehead atoms. The number of rotatable bonds is 13. The van der Waals surface area contributed by atoms with E-state index in [4.69, 9.17) is 4.74 Å². The molecule has 0 aromatic carbocycles. The minimum atomic E-state index is -1.07. The van der Waals surface area contributed by atoms with E-state index < -0.39 is 29.1 Å². The van der Waals surface area contributed by atoms with Crippen LogP contribution in [0.25, 0.3) is 0 Å². The Morgan fingerprint density at radius 2 is 1.89 bits per heavy atom. The second-order valence-electron chi connectivity index (χ2n) is 10.5. The molecule has 0 radical (unpaired) electrons. The average Bonchev–Trinajstić information content (AvgIpc) is 3.38. The number of likely N-dealkylation sites (tertiary alicyclic amines) is 1. The van der Waals surface area contributed by atoms with E-state index in [2.05, 4.69) is 20.1 Å². The zero-order valence-corrected chi connectivity index (χ0v) is 21.9. The summed E-state index contributed by atoms with van der Waals surface area (Å²) in [6, 6.07) is -0.906. The number of amides is 3. The monoisotopic (exact) mass is 489 g/mol. The van der Waals surface area contributed by atoms with Crippen LogP contribution < -0.4 is 0 Å². The predicted octanol–water partition coefficient (Wildman–Crippen LogP) is 2.37. The number of aliphatic hydroxyl groups is 1. The van der Waals surface area contributed by atoms with Crippen molar-refractivity contribution in [2.24, 2.45) is 11.8 Å². The Bertz CT molecular complexity index is 847. The maximum atomic E-state index is 14.1. The third-order valence-corrected chi connectivity index (χ3v) is 8.12. The molecule has 1 spiro atoms. The van der Waals surface area contributed by atoms with E-state index in [1.807, 2.05) is 20.8 Å².